The normalized spacial score (nSPS) is 24.3. The number of carbonyl (C=O) groups excluding carboxylic acids is 1. The monoisotopic (exact) mass is 235 g/mol. The van der Waals surface area contributed by atoms with Gasteiger partial charge in [-0.15, -0.1) is 0 Å². The highest BCUT2D eigenvalue weighted by Gasteiger charge is 2.27. The van der Waals surface area contributed by atoms with E-state index in [1.807, 2.05) is 0 Å². The lowest BCUT2D eigenvalue weighted by molar-refractivity contribution is -0.117. The Morgan fingerprint density at radius 1 is 1.59 bits per heavy atom. The third-order valence-electron chi connectivity index (χ3n) is 3.16. The van der Waals surface area contributed by atoms with Crippen molar-refractivity contribution >= 4 is 12.0 Å². The molecule has 2 atom stereocenters. The molecule has 1 aromatic heterocycles. The summed E-state index contributed by atoms with van der Waals surface area (Å²) in [5.41, 5.74) is 0. The second-order valence-corrected chi connectivity index (χ2v) is 4.34. The van der Waals surface area contributed by atoms with Gasteiger partial charge in [-0.1, -0.05) is 6.42 Å². The molecular weight excluding hydrogens is 218 g/mol. The molecule has 1 aliphatic rings. The SMILES string of the molecule is O=C(/C=C/c1ccco1)NC1CCCC1CO. The van der Waals surface area contributed by atoms with Crippen LogP contribution in [-0.4, -0.2) is 23.7 Å². The number of furan rings is 1. The number of hydrogen-bond donors (Lipinski definition) is 2. The number of amides is 1. The Hall–Kier alpha value is -1.55. The molecule has 4 heteroatoms. The van der Waals surface area contributed by atoms with Gasteiger partial charge in [0.05, 0.1) is 6.26 Å². The molecule has 1 saturated carbocycles. The third kappa shape index (κ3) is 3.20. The highest BCUT2D eigenvalue weighted by Crippen LogP contribution is 2.24. The summed E-state index contributed by atoms with van der Waals surface area (Å²) >= 11 is 0. The number of aliphatic hydroxyl groups is 1. The van der Waals surface area contributed by atoms with Crippen LogP contribution in [0.5, 0.6) is 0 Å². The average Bonchev–Trinajstić information content (AvgIpc) is 2.97. The molecule has 17 heavy (non-hydrogen) atoms. The van der Waals surface area contributed by atoms with E-state index in [1.54, 1.807) is 24.5 Å². The maximum absolute atomic E-state index is 11.6. The van der Waals surface area contributed by atoms with E-state index < -0.39 is 0 Å². The molecule has 0 aliphatic heterocycles. The van der Waals surface area contributed by atoms with E-state index in [-0.39, 0.29) is 24.5 Å². The molecule has 0 spiro atoms. The van der Waals surface area contributed by atoms with Crippen LogP contribution in [0.1, 0.15) is 25.0 Å². The fraction of sp³-hybridized carbons (Fsp3) is 0.462. The van der Waals surface area contributed by atoms with Crippen molar-refractivity contribution in [2.45, 2.75) is 25.3 Å². The van der Waals surface area contributed by atoms with Crippen molar-refractivity contribution < 1.29 is 14.3 Å². The number of carbonyl (C=O) groups is 1. The first-order valence-corrected chi connectivity index (χ1v) is 5.92. The Labute approximate surface area is 100 Å². The van der Waals surface area contributed by atoms with Gasteiger partial charge in [0.25, 0.3) is 0 Å². The molecule has 4 nitrogen and oxygen atoms in total. The van der Waals surface area contributed by atoms with Crippen molar-refractivity contribution in [2.75, 3.05) is 6.61 Å². The van der Waals surface area contributed by atoms with Crippen LogP contribution in [0.25, 0.3) is 6.08 Å². The van der Waals surface area contributed by atoms with Crippen molar-refractivity contribution in [1.82, 2.24) is 5.32 Å². The predicted molar refractivity (Wildman–Crippen MR) is 64.1 cm³/mol. The van der Waals surface area contributed by atoms with Crippen molar-refractivity contribution in [3.8, 4) is 0 Å². The Bertz CT molecular complexity index is 383. The lowest BCUT2D eigenvalue weighted by Crippen LogP contribution is -2.37. The second kappa shape index (κ2) is 5.68. The van der Waals surface area contributed by atoms with Crippen LogP contribution in [0.4, 0.5) is 0 Å². The third-order valence-corrected chi connectivity index (χ3v) is 3.16. The van der Waals surface area contributed by atoms with E-state index in [2.05, 4.69) is 5.32 Å². The smallest absolute Gasteiger partial charge is 0.244 e. The molecule has 0 bridgehead atoms. The Morgan fingerprint density at radius 3 is 3.18 bits per heavy atom. The average molecular weight is 235 g/mol. The van der Waals surface area contributed by atoms with Gasteiger partial charge in [-0.05, 0) is 31.1 Å². The van der Waals surface area contributed by atoms with Gasteiger partial charge in [0, 0.05) is 24.6 Å². The van der Waals surface area contributed by atoms with Crippen molar-refractivity contribution in [3.63, 3.8) is 0 Å². The van der Waals surface area contributed by atoms with E-state index >= 15 is 0 Å². The molecule has 0 saturated heterocycles. The molecule has 2 unspecified atom stereocenters. The molecule has 0 aromatic carbocycles. The van der Waals surface area contributed by atoms with Crippen LogP contribution in [0.3, 0.4) is 0 Å². The summed E-state index contributed by atoms with van der Waals surface area (Å²) in [6.45, 7) is 0.146. The summed E-state index contributed by atoms with van der Waals surface area (Å²) in [6.07, 6.45) is 7.67. The minimum Gasteiger partial charge on any atom is -0.465 e. The largest absolute Gasteiger partial charge is 0.465 e. The lowest BCUT2D eigenvalue weighted by atomic mass is 10.1. The fourth-order valence-electron chi connectivity index (χ4n) is 2.22. The van der Waals surface area contributed by atoms with Crippen LogP contribution in [0.15, 0.2) is 28.9 Å². The summed E-state index contributed by atoms with van der Waals surface area (Å²) in [4.78, 5) is 11.6. The van der Waals surface area contributed by atoms with Crippen LogP contribution in [-0.2, 0) is 4.79 Å². The maximum Gasteiger partial charge on any atom is 0.244 e. The Morgan fingerprint density at radius 2 is 2.47 bits per heavy atom. The van der Waals surface area contributed by atoms with Crippen molar-refractivity contribution in [3.05, 3.63) is 30.2 Å². The minimum atomic E-state index is -0.133. The van der Waals surface area contributed by atoms with Gasteiger partial charge in [-0.25, -0.2) is 0 Å². The first kappa shape index (κ1) is 11.9. The first-order chi connectivity index (χ1) is 8.29. The van der Waals surface area contributed by atoms with Crippen molar-refractivity contribution in [2.24, 2.45) is 5.92 Å². The highest BCUT2D eigenvalue weighted by atomic mass is 16.3. The summed E-state index contributed by atoms with van der Waals surface area (Å²) in [5, 5.41) is 12.1. The van der Waals surface area contributed by atoms with Crippen LogP contribution in [0, 0.1) is 5.92 Å². The molecule has 1 aromatic rings. The van der Waals surface area contributed by atoms with Gasteiger partial charge in [0.1, 0.15) is 5.76 Å². The predicted octanol–water partition coefficient (Wildman–Crippen LogP) is 1.57. The lowest BCUT2D eigenvalue weighted by Gasteiger charge is -2.17. The summed E-state index contributed by atoms with van der Waals surface area (Å²) in [7, 11) is 0. The van der Waals surface area contributed by atoms with Gasteiger partial charge in [-0.3, -0.25) is 4.79 Å². The van der Waals surface area contributed by atoms with E-state index in [4.69, 9.17) is 9.52 Å². The molecule has 92 valence electrons. The number of rotatable bonds is 4. The zero-order valence-corrected chi connectivity index (χ0v) is 9.63. The number of hydrogen-bond acceptors (Lipinski definition) is 3. The summed E-state index contributed by atoms with van der Waals surface area (Å²) < 4.78 is 5.09. The standard InChI is InChI=1S/C13H17NO3/c15-9-10-3-1-5-12(10)14-13(16)7-6-11-4-2-8-17-11/h2,4,6-8,10,12,15H,1,3,5,9H2,(H,14,16)/b7-6+. The van der Waals surface area contributed by atoms with E-state index in [1.165, 1.54) is 6.08 Å². The van der Waals surface area contributed by atoms with Gasteiger partial charge >= 0.3 is 0 Å². The summed E-state index contributed by atoms with van der Waals surface area (Å²) in [5.74, 6) is 0.730. The van der Waals surface area contributed by atoms with Gasteiger partial charge in [0.2, 0.25) is 5.91 Å². The Kier molecular flexibility index (Phi) is 3.98. The second-order valence-electron chi connectivity index (χ2n) is 4.34. The number of nitrogens with one attached hydrogen (secondary N) is 1. The van der Waals surface area contributed by atoms with Gasteiger partial charge in [-0.2, -0.15) is 0 Å². The zero-order chi connectivity index (χ0) is 12.1. The zero-order valence-electron chi connectivity index (χ0n) is 9.63. The van der Waals surface area contributed by atoms with Crippen molar-refractivity contribution in [1.29, 1.82) is 0 Å². The van der Waals surface area contributed by atoms with Gasteiger partial charge < -0.3 is 14.8 Å². The van der Waals surface area contributed by atoms with Crippen LogP contribution in [0.2, 0.25) is 0 Å². The summed E-state index contributed by atoms with van der Waals surface area (Å²) in [6, 6.07) is 3.67. The van der Waals surface area contributed by atoms with Gasteiger partial charge in [0.15, 0.2) is 0 Å². The molecule has 0 radical (unpaired) electrons. The van der Waals surface area contributed by atoms with E-state index in [9.17, 15) is 4.79 Å². The Balaban J connectivity index is 1.85. The number of aliphatic hydroxyl groups excluding tert-OH is 1. The highest BCUT2D eigenvalue weighted by molar-refractivity contribution is 5.91. The van der Waals surface area contributed by atoms with Crippen LogP contribution < -0.4 is 5.32 Å². The van der Waals surface area contributed by atoms with E-state index in [0.29, 0.717) is 5.76 Å². The van der Waals surface area contributed by atoms with E-state index in [0.717, 1.165) is 19.3 Å². The molecule has 1 fully saturated rings. The quantitative estimate of drug-likeness (QED) is 0.779. The molecule has 1 amide bonds. The van der Waals surface area contributed by atoms with Crippen LogP contribution >= 0.6 is 0 Å². The maximum atomic E-state index is 11.6. The fourth-order valence-corrected chi connectivity index (χ4v) is 2.22. The molecule has 1 aliphatic carbocycles. The minimum absolute atomic E-state index is 0.105. The topological polar surface area (TPSA) is 62.5 Å². The molecule has 2 N–H and O–H groups in total. The molecule has 1 heterocycles. The molecular formula is C13H17NO3. The first-order valence-electron chi connectivity index (χ1n) is 5.92. The molecule has 2 rings (SSSR count).